The second-order valence-corrected chi connectivity index (χ2v) is 9.59. The van der Waals surface area contributed by atoms with Crippen LogP contribution in [0.15, 0.2) is 57.8 Å². The Morgan fingerprint density at radius 2 is 2.17 bits per heavy atom. The first-order valence-corrected chi connectivity index (χ1v) is 12.1. The number of carbonyl (C=O) groups is 1. The molecule has 13 heteroatoms. The lowest BCUT2D eigenvalue weighted by Crippen LogP contribution is -2.43. The Labute approximate surface area is 214 Å². The number of hydrogen-bond acceptors (Lipinski definition) is 7. The van der Waals surface area contributed by atoms with E-state index in [2.05, 4.69) is 10.3 Å². The largest absolute Gasteiger partial charge is 0.336 e. The molecule has 8 nitrogen and oxygen atoms in total. The van der Waals surface area contributed by atoms with Crippen molar-refractivity contribution in [3.63, 3.8) is 0 Å². The van der Waals surface area contributed by atoms with Crippen LogP contribution in [0.1, 0.15) is 23.0 Å². The van der Waals surface area contributed by atoms with Gasteiger partial charge in [-0.3, -0.25) is 4.99 Å². The van der Waals surface area contributed by atoms with Crippen LogP contribution in [0.4, 0.5) is 18.0 Å². The van der Waals surface area contributed by atoms with Crippen LogP contribution in [0.25, 0.3) is 0 Å². The Balaban J connectivity index is 1.90. The molecule has 2 aliphatic rings. The van der Waals surface area contributed by atoms with E-state index in [9.17, 15) is 18.0 Å². The number of nitrogens with one attached hydrogen (secondary N) is 3. The van der Waals surface area contributed by atoms with E-state index in [1.54, 1.807) is 25.7 Å². The van der Waals surface area contributed by atoms with Gasteiger partial charge in [-0.1, -0.05) is 17.7 Å². The smallest absolute Gasteiger partial charge is 0.317 e. The summed E-state index contributed by atoms with van der Waals surface area (Å²) in [7, 11) is 3.26. The van der Waals surface area contributed by atoms with E-state index in [0.717, 1.165) is 18.5 Å². The summed E-state index contributed by atoms with van der Waals surface area (Å²) < 4.78 is 39.9. The van der Waals surface area contributed by atoms with Crippen molar-refractivity contribution in [2.75, 3.05) is 20.6 Å². The third kappa shape index (κ3) is 5.24. The van der Waals surface area contributed by atoms with Crippen molar-refractivity contribution in [3.05, 3.63) is 74.2 Å². The van der Waals surface area contributed by atoms with Gasteiger partial charge in [-0.2, -0.15) is 8.78 Å². The third-order valence-corrected chi connectivity index (χ3v) is 6.80. The maximum atomic E-state index is 13.9. The molecule has 0 radical (unpaired) electrons. The predicted molar refractivity (Wildman–Crippen MR) is 133 cm³/mol. The molecular weight excluding hydrogens is 515 g/mol. The van der Waals surface area contributed by atoms with Gasteiger partial charge in [0.1, 0.15) is 11.9 Å². The third-order valence-electron chi connectivity index (χ3n) is 5.71. The summed E-state index contributed by atoms with van der Waals surface area (Å²) in [4.78, 5) is 25.0. The Morgan fingerprint density at radius 3 is 2.78 bits per heavy atom. The first kappa shape index (κ1) is 25.7. The van der Waals surface area contributed by atoms with Gasteiger partial charge in [0.05, 0.1) is 6.04 Å². The van der Waals surface area contributed by atoms with Gasteiger partial charge in [-0.25, -0.2) is 14.2 Å². The van der Waals surface area contributed by atoms with E-state index < -0.39 is 18.4 Å². The topological polar surface area (TPSA) is 96.7 Å². The van der Waals surface area contributed by atoms with Crippen LogP contribution in [0.3, 0.4) is 0 Å². The fourth-order valence-electron chi connectivity index (χ4n) is 4.15. The van der Waals surface area contributed by atoms with E-state index in [-0.39, 0.29) is 22.7 Å². The van der Waals surface area contributed by atoms with Gasteiger partial charge in [-0.05, 0) is 17.7 Å². The number of rotatable bonds is 7. The molecule has 0 spiro atoms. The normalized spacial score (nSPS) is 19.8. The Bertz CT molecular complexity index is 1250. The highest BCUT2D eigenvalue weighted by atomic mass is 35.5. The van der Waals surface area contributed by atoms with Crippen LogP contribution < -0.4 is 10.6 Å². The minimum absolute atomic E-state index is 0.107. The van der Waals surface area contributed by atoms with Crippen LogP contribution >= 0.6 is 22.9 Å². The molecule has 0 unspecified atom stereocenters. The molecule has 2 aliphatic heterocycles. The number of fused-ring (bicyclic) bond motifs is 1. The van der Waals surface area contributed by atoms with E-state index in [4.69, 9.17) is 22.0 Å². The van der Waals surface area contributed by atoms with Crippen molar-refractivity contribution < 1.29 is 18.0 Å². The van der Waals surface area contributed by atoms with Gasteiger partial charge in [0.2, 0.25) is 0 Å². The molecule has 1 aromatic heterocycles. The average molecular weight is 538 g/mol. The molecule has 0 aliphatic carbocycles. The SMILES string of the molecule is CN(C)C(=O)N[C@H]1CC2=C(/C(C=N)=C/NC(F)F)[C@H](c3ccc(F)cc3Cl)N=C(c3nccs3)N2C1. The zero-order valence-corrected chi connectivity index (χ0v) is 20.9. The first-order valence-electron chi connectivity index (χ1n) is 10.9. The lowest BCUT2D eigenvalue weighted by Gasteiger charge is -2.33. The molecule has 2 aromatic rings. The summed E-state index contributed by atoms with van der Waals surface area (Å²) in [5, 5.41) is 15.4. The van der Waals surface area contributed by atoms with Gasteiger partial charge >= 0.3 is 12.6 Å². The summed E-state index contributed by atoms with van der Waals surface area (Å²) >= 11 is 7.78. The molecule has 3 heterocycles. The number of urea groups is 1. The molecule has 1 saturated heterocycles. The average Bonchev–Trinajstić information content (AvgIpc) is 3.49. The Kier molecular flexibility index (Phi) is 7.65. The molecular formula is C23H23ClF3N7OS. The van der Waals surface area contributed by atoms with Crippen molar-refractivity contribution in [1.82, 2.24) is 25.4 Å². The van der Waals surface area contributed by atoms with Crippen LogP contribution in [0.5, 0.6) is 0 Å². The zero-order valence-electron chi connectivity index (χ0n) is 19.3. The molecule has 36 heavy (non-hydrogen) atoms. The number of halogens is 4. The van der Waals surface area contributed by atoms with Gasteiger partial charge in [0.15, 0.2) is 10.8 Å². The van der Waals surface area contributed by atoms with E-state index in [1.165, 1.54) is 28.4 Å². The number of amides is 2. The quantitative estimate of drug-likeness (QED) is 0.361. The highest BCUT2D eigenvalue weighted by Gasteiger charge is 2.41. The van der Waals surface area contributed by atoms with E-state index in [0.29, 0.717) is 40.6 Å². The van der Waals surface area contributed by atoms with Gasteiger partial charge in [-0.15, -0.1) is 11.3 Å². The van der Waals surface area contributed by atoms with Gasteiger partial charge in [0, 0.05) is 72.9 Å². The second kappa shape index (κ2) is 10.7. The monoisotopic (exact) mass is 537 g/mol. The molecule has 1 fully saturated rings. The van der Waals surface area contributed by atoms with Crippen LogP contribution in [0, 0.1) is 11.2 Å². The van der Waals surface area contributed by atoms with Crippen LogP contribution in [-0.2, 0) is 0 Å². The van der Waals surface area contributed by atoms with Crippen molar-refractivity contribution in [2.24, 2.45) is 4.99 Å². The van der Waals surface area contributed by atoms with Gasteiger partial charge < -0.3 is 25.8 Å². The minimum atomic E-state index is -2.84. The molecule has 3 N–H and O–H groups in total. The number of hydrogen-bond donors (Lipinski definition) is 3. The molecule has 0 bridgehead atoms. The number of carbonyl (C=O) groups excluding carboxylic acids is 1. The molecule has 0 saturated carbocycles. The summed E-state index contributed by atoms with van der Waals surface area (Å²) in [5.41, 5.74) is 1.73. The number of amidine groups is 1. The lowest BCUT2D eigenvalue weighted by atomic mass is 9.89. The van der Waals surface area contributed by atoms with Gasteiger partial charge in [0.25, 0.3) is 0 Å². The standard InChI is InChI=1S/C23H23ClF3N7OS/c1-33(2)23(35)31-14-8-17-18(12(9-28)10-30-22(26)27)19(15-4-3-13(25)7-16(15)24)32-20(34(17)11-14)21-29-5-6-36-21/h3-7,9-10,14,19,22,28,30H,8,11H2,1-2H3,(H,31,35)/b12-10+,28-9?/t14-,19-/m0/s1. The van der Waals surface area contributed by atoms with Crippen molar-refractivity contribution >= 4 is 41.0 Å². The molecule has 4 rings (SSSR count). The number of aromatic nitrogens is 1. The fourth-order valence-corrected chi connectivity index (χ4v) is 5.06. The molecule has 2 atom stereocenters. The lowest BCUT2D eigenvalue weighted by molar-refractivity contribution is 0.125. The molecule has 190 valence electrons. The van der Waals surface area contributed by atoms with Crippen molar-refractivity contribution in [3.8, 4) is 0 Å². The van der Waals surface area contributed by atoms with E-state index >= 15 is 0 Å². The molecule has 2 amide bonds. The predicted octanol–water partition coefficient (Wildman–Crippen LogP) is 4.38. The first-order chi connectivity index (χ1) is 17.2. The number of thiazole rings is 1. The van der Waals surface area contributed by atoms with Crippen molar-refractivity contribution in [1.29, 1.82) is 5.41 Å². The van der Waals surface area contributed by atoms with Crippen LogP contribution in [-0.4, -0.2) is 66.1 Å². The maximum absolute atomic E-state index is 13.9. The highest BCUT2D eigenvalue weighted by Crippen LogP contribution is 2.44. The number of alkyl halides is 2. The number of nitrogens with zero attached hydrogens (tertiary/aromatic N) is 4. The number of benzene rings is 1. The van der Waals surface area contributed by atoms with Crippen LogP contribution in [0.2, 0.25) is 5.02 Å². The Morgan fingerprint density at radius 1 is 1.39 bits per heavy atom. The summed E-state index contributed by atoms with van der Waals surface area (Å²) in [6.07, 6.45) is 3.99. The highest BCUT2D eigenvalue weighted by molar-refractivity contribution is 7.11. The summed E-state index contributed by atoms with van der Waals surface area (Å²) in [6, 6.07) is 2.45. The Hall–Kier alpha value is -3.38. The van der Waals surface area contributed by atoms with E-state index in [1.807, 2.05) is 10.2 Å². The summed E-state index contributed by atoms with van der Waals surface area (Å²) in [5.74, 6) is -0.0177. The maximum Gasteiger partial charge on any atom is 0.317 e. The second-order valence-electron chi connectivity index (χ2n) is 8.29. The summed E-state index contributed by atoms with van der Waals surface area (Å²) in [6.45, 7) is -2.49. The fraction of sp³-hybridized carbons (Fsp3) is 0.304. The zero-order chi connectivity index (χ0) is 26.0. The minimum Gasteiger partial charge on any atom is -0.336 e. The van der Waals surface area contributed by atoms with Crippen molar-refractivity contribution in [2.45, 2.75) is 25.1 Å². The molecule has 1 aromatic carbocycles. The number of aliphatic imine (C=N–C) groups is 1.